The Labute approximate surface area is 211 Å². The largest absolute Gasteiger partial charge is 0.497 e. The molecule has 0 aromatic heterocycles. The van der Waals surface area contributed by atoms with Crippen molar-refractivity contribution in [3.63, 3.8) is 0 Å². The van der Waals surface area contributed by atoms with Crippen molar-refractivity contribution in [2.45, 2.75) is 62.9 Å². The molecule has 0 bridgehead atoms. The number of methoxy groups -OCH3 is 1. The highest BCUT2D eigenvalue weighted by atomic mass is 32.2. The Kier molecular flexibility index (Phi) is 7.12. The summed E-state index contributed by atoms with van der Waals surface area (Å²) in [5.74, 6) is 0.283. The van der Waals surface area contributed by atoms with Gasteiger partial charge in [-0.15, -0.1) is 11.8 Å². The van der Waals surface area contributed by atoms with Gasteiger partial charge in [0.2, 0.25) is 11.8 Å². The first-order chi connectivity index (χ1) is 16.6. The molecule has 2 heterocycles. The topological polar surface area (TPSA) is 87.7 Å². The second kappa shape index (κ2) is 9.93. The number of nitrogens with zero attached hydrogens (tertiary/aromatic N) is 1. The zero-order chi connectivity index (χ0) is 25.3. The van der Waals surface area contributed by atoms with Crippen LogP contribution in [0.1, 0.15) is 61.0 Å². The summed E-state index contributed by atoms with van der Waals surface area (Å²) in [6.45, 7) is 8.35. The van der Waals surface area contributed by atoms with Crippen LogP contribution in [0.15, 0.2) is 48.5 Å². The molecule has 4 rings (SSSR count). The van der Waals surface area contributed by atoms with Crippen LogP contribution in [0.4, 0.5) is 0 Å². The summed E-state index contributed by atoms with van der Waals surface area (Å²) in [5.41, 5.74) is 2.53. The molecule has 3 atom stereocenters. The third-order valence-corrected chi connectivity index (χ3v) is 8.05. The van der Waals surface area contributed by atoms with E-state index < -0.39 is 16.8 Å². The SMILES string of the molecule is COc1ccc(CNC(=O)C(CC(C)C)NC(=O)C2N3C(=O)c4ccccc4C3SC2(C)C)cc1. The van der Waals surface area contributed by atoms with Crippen molar-refractivity contribution in [1.82, 2.24) is 15.5 Å². The lowest BCUT2D eigenvalue weighted by molar-refractivity contribution is -0.132. The zero-order valence-electron chi connectivity index (χ0n) is 20.8. The number of hydrogen-bond donors (Lipinski definition) is 2. The van der Waals surface area contributed by atoms with Gasteiger partial charge in [0.05, 0.1) is 7.11 Å². The summed E-state index contributed by atoms with van der Waals surface area (Å²) in [5, 5.41) is 5.73. The van der Waals surface area contributed by atoms with Gasteiger partial charge in [-0.2, -0.15) is 0 Å². The Morgan fingerprint density at radius 1 is 1.11 bits per heavy atom. The molecule has 0 saturated carbocycles. The molecule has 35 heavy (non-hydrogen) atoms. The maximum absolute atomic E-state index is 13.6. The number of carbonyl (C=O) groups is 3. The Morgan fingerprint density at radius 3 is 2.46 bits per heavy atom. The van der Waals surface area contributed by atoms with E-state index in [0.717, 1.165) is 16.9 Å². The molecule has 2 aromatic carbocycles. The molecule has 3 amide bonds. The monoisotopic (exact) mass is 495 g/mol. The second-order valence-corrected chi connectivity index (χ2v) is 11.8. The average molecular weight is 496 g/mol. The number of amides is 3. The predicted octanol–water partition coefficient (Wildman–Crippen LogP) is 3.89. The Balaban J connectivity index is 1.48. The van der Waals surface area contributed by atoms with E-state index in [0.29, 0.717) is 18.5 Å². The molecular formula is C27H33N3O4S. The number of ether oxygens (including phenoxy) is 1. The van der Waals surface area contributed by atoms with E-state index in [4.69, 9.17) is 4.74 Å². The van der Waals surface area contributed by atoms with Crippen molar-refractivity contribution in [2.75, 3.05) is 7.11 Å². The van der Waals surface area contributed by atoms with Crippen LogP contribution in [0.2, 0.25) is 0 Å². The molecule has 3 unspecified atom stereocenters. The van der Waals surface area contributed by atoms with Gasteiger partial charge in [-0.25, -0.2) is 0 Å². The standard InChI is InChI=1S/C27H33N3O4S/c1-16(2)14-21(23(31)28-15-17-10-12-18(34-5)13-11-17)29-24(32)22-27(3,4)35-26-20-9-7-6-8-19(20)25(33)30(22)26/h6-13,16,21-22,26H,14-15H2,1-5H3,(H,28,31)(H,29,32). The maximum Gasteiger partial charge on any atom is 0.256 e. The average Bonchev–Trinajstić information content (AvgIpc) is 3.26. The molecule has 2 N–H and O–H groups in total. The highest BCUT2D eigenvalue weighted by Gasteiger charge is 2.57. The van der Waals surface area contributed by atoms with Gasteiger partial charge in [-0.05, 0) is 55.5 Å². The van der Waals surface area contributed by atoms with Gasteiger partial charge < -0.3 is 20.3 Å². The van der Waals surface area contributed by atoms with Gasteiger partial charge in [0.1, 0.15) is 23.2 Å². The van der Waals surface area contributed by atoms with Crippen LogP contribution in [0, 0.1) is 5.92 Å². The number of fused-ring (bicyclic) bond motifs is 3. The summed E-state index contributed by atoms with van der Waals surface area (Å²) in [6.07, 6.45) is 0.498. The summed E-state index contributed by atoms with van der Waals surface area (Å²) < 4.78 is 4.68. The van der Waals surface area contributed by atoms with Crippen molar-refractivity contribution < 1.29 is 19.1 Å². The van der Waals surface area contributed by atoms with E-state index in [9.17, 15) is 14.4 Å². The number of hydrogen-bond acceptors (Lipinski definition) is 5. The van der Waals surface area contributed by atoms with E-state index in [2.05, 4.69) is 10.6 Å². The van der Waals surface area contributed by atoms with Gasteiger partial charge in [0.25, 0.3) is 5.91 Å². The van der Waals surface area contributed by atoms with Gasteiger partial charge in [-0.3, -0.25) is 14.4 Å². The summed E-state index contributed by atoms with van der Waals surface area (Å²) in [4.78, 5) is 41.7. The van der Waals surface area contributed by atoms with E-state index in [-0.39, 0.29) is 29.0 Å². The summed E-state index contributed by atoms with van der Waals surface area (Å²) >= 11 is 1.61. The molecule has 1 saturated heterocycles. The first-order valence-electron chi connectivity index (χ1n) is 11.9. The Hall–Kier alpha value is -3.00. The molecule has 0 aliphatic carbocycles. The van der Waals surface area contributed by atoms with Gasteiger partial charge in [0.15, 0.2) is 0 Å². The van der Waals surface area contributed by atoms with Crippen LogP contribution in [0.25, 0.3) is 0 Å². The third kappa shape index (κ3) is 5.03. The van der Waals surface area contributed by atoms with Gasteiger partial charge in [0, 0.05) is 16.9 Å². The number of benzene rings is 2. The Bertz CT molecular complexity index is 1120. The quantitative estimate of drug-likeness (QED) is 0.580. The van der Waals surface area contributed by atoms with Gasteiger partial charge >= 0.3 is 0 Å². The molecule has 186 valence electrons. The molecule has 8 heteroatoms. The highest BCUT2D eigenvalue weighted by molar-refractivity contribution is 8.01. The minimum absolute atomic E-state index is 0.131. The van der Waals surface area contributed by atoms with Crippen molar-refractivity contribution in [2.24, 2.45) is 5.92 Å². The number of carbonyl (C=O) groups excluding carboxylic acids is 3. The van der Waals surface area contributed by atoms with E-state index in [1.165, 1.54) is 0 Å². The Morgan fingerprint density at radius 2 is 1.80 bits per heavy atom. The molecule has 2 aromatic rings. The summed E-state index contributed by atoms with van der Waals surface area (Å²) in [7, 11) is 1.61. The van der Waals surface area contributed by atoms with Crippen LogP contribution in [0.5, 0.6) is 5.75 Å². The smallest absolute Gasteiger partial charge is 0.256 e. The molecule has 1 fully saturated rings. The van der Waals surface area contributed by atoms with Crippen LogP contribution >= 0.6 is 11.8 Å². The maximum atomic E-state index is 13.6. The van der Waals surface area contributed by atoms with E-state index >= 15 is 0 Å². The lowest BCUT2D eigenvalue weighted by Crippen LogP contribution is -2.57. The lowest BCUT2D eigenvalue weighted by Gasteiger charge is -2.31. The highest BCUT2D eigenvalue weighted by Crippen LogP contribution is 2.56. The number of nitrogens with one attached hydrogen (secondary N) is 2. The molecule has 0 spiro atoms. The minimum Gasteiger partial charge on any atom is -0.497 e. The van der Waals surface area contributed by atoms with Crippen LogP contribution < -0.4 is 15.4 Å². The second-order valence-electron chi connectivity index (χ2n) is 10.0. The van der Waals surface area contributed by atoms with Crippen LogP contribution in [-0.4, -0.2) is 46.6 Å². The van der Waals surface area contributed by atoms with Crippen molar-refractivity contribution in [3.8, 4) is 5.75 Å². The lowest BCUT2D eigenvalue weighted by atomic mass is 9.98. The van der Waals surface area contributed by atoms with Crippen molar-refractivity contribution in [1.29, 1.82) is 0 Å². The molecule has 7 nitrogen and oxygen atoms in total. The van der Waals surface area contributed by atoms with Crippen LogP contribution in [0.3, 0.4) is 0 Å². The van der Waals surface area contributed by atoms with Gasteiger partial charge in [-0.1, -0.05) is 44.2 Å². The van der Waals surface area contributed by atoms with E-state index in [1.54, 1.807) is 23.8 Å². The molecule has 0 radical (unpaired) electrons. The summed E-state index contributed by atoms with van der Waals surface area (Å²) in [6, 6.07) is 13.6. The van der Waals surface area contributed by atoms with Crippen molar-refractivity contribution >= 4 is 29.5 Å². The minimum atomic E-state index is -0.694. The number of rotatable bonds is 8. The fraction of sp³-hybridized carbons (Fsp3) is 0.444. The third-order valence-electron chi connectivity index (χ3n) is 6.51. The first kappa shape index (κ1) is 25.1. The van der Waals surface area contributed by atoms with Crippen molar-refractivity contribution in [3.05, 3.63) is 65.2 Å². The zero-order valence-corrected chi connectivity index (χ0v) is 21.6. The first-order valence-corrected chi connectivity index (χ1v) is 12.8. The molecule has 2 aliphatic rings. The molecular weight excluding hydrogens is 462 g/mol. The normalized spacial score (nSPS) is 20.9. The fourth-order valence-electron chi connectivity index (χ4n) is 4.81. The number of thioether (sulfide) groups is 1. The predicted molar refractivity (Wildman–Crippen MR) is 137 cm³/mol. The fourth-order valence-corrected chi connectivity index (χ4v) is 6.40. The molecule has 2 aliphatic heterocycles. The van der Waals surface area contributed by atoms with Crippen LogP contribution in [-0.2, 0) is 16.1 Å². The van der Waals surface area contributed by atoms with E-state index in [1.807, 2.05) is 76.2 Å².